The lowest BCUT2D eigenvalue weighted by molar-refractivity contribution is 0.0919. The molecule has 2 aliphatic rings. The van der Waals surface area contributed by atoms with E-state index in [4.69, 9.17) is 5.73 Å². The van der Waals surface area contributed by atoms with Crippen LogP contribution in [0.25, 0.3) is 0 Å². The highest BCUT2D eigenvalue weighted by Gasteiger charge is 2.40. The lowest BCUT2D eigenvalue weighted by atomic mass is 9.90. The predicted octanol–water partition coefficient (Wildman–Crippen LogP) is 1.76. The van der Waals surface area contributed by atoms with Gasteiger partial charge in [0.15, 0.2) is 0 Å². The summed E-state index contributed by atoms with van der Waals surface area (Å²) in [5.74, 6) is 0.832. The maximum absolute atomic E-state index is 6.23. The number of hydrogen-bond acceptors (Lipinski definition) is 3. The monoisotopic (exact) mass is 287 g/mol. The second kappa shape index (κ2) is 6.07. The van der Waals surface area contributed by atoms with Crippen molar-refractivity contribution in [2.24, 2.45) is 11.7 Å². The molecule has 2 N–H and O–H groups in total. The minimum absolute atomic E-state index is 0.146. The summed E-state index contributed by atoms with van der Waals surface area (Å²) < 4.78 is 0. The van der Waals surface area contributed by atoms with Crippen LogP contribution in [0.3, 0.4) is 0 Å². The molecule has 0 aromatic heterocycles. The summed E-state index contributed by atoms with van der Waals surface area (Å²) in [6.07, 6.45) is 4.88. The Morgan fingerprint density at radius 3 is 2.29 bits per heavy atom. The molecule has 1 aromatic carbocycles. The first-order valence-corrected chi connectivity index (χ1v) is 8.29. The number of hydrogen-bond donors (Lipinski definition) is 1. The second-order valence-electron chi connectivity index (χ2n) is 7.18. The first-order valence-electron chi connectivity index (χ1n) is 8.29. The minimum Gasteiger partial charge on any atom is -0.329 e. The Balaban J connectivity index is 1.67. The standard InChI is InChI=1S/C18H29N3/c1-20-9-7-15(8-10-20)13-21(2)18(14-19)11-16-5-3-4-6-17(16)12-18/h3-6,15H,7-14,19H2,1-2H3. The van der Waals surface area contributed by atoms with Crippen LogP contribution in [0.4, 0.5) is 0 Å². The quantitative estimate of drug-likeness (QED) is 0.916. The maximum Gasteiger partial charge on any atom is 0.0409 e. The van der Waals surface area contributed by atoms with Crippen LogP contribution in [-0.4, -0.2) is 55.6 Å². The second-order valence-corrected chi connectivity index (χ2v) is 7.18. The van der Waals surface area contributed by atoms with E-state index in [0.29, 0.717) is 0 Å². The zero-order chi connectivity index (χ0) is 14.9. The van der Waals surface area contributed by atoms with Crippen molar-refractivity contribution in [3.05, 3.63) is 35.4 Å². The maximum atomic E-state index is 6.23. The number of nitrogens with two attached hydrogens (primary N) is 1. The highest BCUT2D eigenvalue weighted by atomic mass is 15.2. The summed E-state index contributed by atoms with van der Waals surface area (Å²) >= 11 is 0. The van der Waals surface area contributed by atoms with Crippen LogP contribution in [0.2, 0.25) is 0 Å². The third kappa shape index (κ3) is 3.01. The van der Waals surface area contributed by atoms with E-state index >= 15 is 0 Å². The average Bonchev–Trinajstić information content (AvgIpc) is 2.89. The molecule has 0 unspecified atom stereocenters. The minimum atomic E-state index is 0.146. The first kappa shape index (κ1) is 15.0. The van der Waals surface area contributed by atoms with E-state index in [1.54, 1.807) is 0 Å². The molecule has 1 aromatic rings. The van der Waals surface area contributed by atoms with E-state index in [1.807, 2.05) is 0 Å². The molecule has 0 bridgehead atoms. The summed E-state index contributed by atoms with van der Waals surface area (Å²) in [5, 5.41) is 0. The summed E-state index contributed by atoms with van der Waals surface area (Å²) in [5.41, 5.74) is 9.37. The van der Waals surface area contributed by atoms with E-state index in [9.17, 15) is 0 Å². The van der Waals surface area contributed by atoms with Crippen molar-refractivity contribution in [3.8, 4) is 0 Å². The SMILES string of the molecule is CN1CCC(CN(C)C2(CN)Cc3ccccc3C2)CC1. The summed E-state index contributed by atoms with van der Waals surface area (Å²) in [6.45, 7) is 4.44. The van der Waals surface area contributed by atoms with Crippen molar-refractivity contribution in [2.75, 3.05) is 40.3 Å². The van der Waals surface area contributed by atoms with E-state index < -0.39 is 0 Å². The van der Waals surface area contributed by atoms with E-state index in [1.165, 1.54) is 43.6 Å². The Labute approximate surface area is 129 Å². The molecule has 0 atom stereocenters. The van der Waals surface area contributed by atoms with Crippen LogP contribution >= 0.6 is 0 Å². The zero-order valence-corrected chi connectivity index (χ0v) is 13.5. The molecule has 1 heterocycles. The van der Waals surface area contributed by atoms with Gasteiger partial charge in [-0.2, -0.15) is 0 Å². The molecular formula is C18H29N3. The Kier molecular flexibility index (Phi) is 4.34. The van der Waals surface area contributed by atoms with Crippen LogP contribution in [0, 0.1) is 5.92 Å². The Morgan fingerprint density at radius 1 is 1.19 bits per heavy atom. The molecule has 3 heteroatoms. The lowest BCUT2D eigenvalue weighted by Gasteiger charge is -2.41. The van der Waals surface area contributed by atoms with Gasteiger partial charge in [0.05, 0.1) is 0 Å². The van der Waals surface area contributed by atoms with Crippen LogP contribution in [0.1, 0.15) is 24.0 Å². The molecule has 116 valence electrons. The topological polar surface area (TPSA) is 32.5 Å². The van der Waals surface area contributed by atoms with Gasteiger partial charge in [-0.3, -0.25) is 4.90 Å². The molecule has 1 fully saturated rings. The summed E-state index contributed by atoms with van der Waals surface area (Å²) in [6, 6.07) is 8.86. The molecule has 1 saturated heterocycles. The number of piperidine rings is 1. The van der Waals surface area contributed by atoms with Gasteiger partial charge in [0, 0.05) is 18.6 Å². The van der Waals surface area contributed by atoms with Gasteiger partial charge < -0.3 is 10.6 Å². The van der Waals surface area contributed by atoms with Gasteiger partial charge in [-0.25, -0.2) is 0 Å². The molecular weight excluding hydrogens is 258 g/mol. The van der Waals surface area contributed by atoms with Crippen LogP contribution < -0.4 is 5.73 Å². The fraction of sp³-hybridized carbons (Fsp3) is 0.667. The van der Waals surface area contributed by atoms with Crippen molar-refractivity contribution in [3.63, 3.8) is 0 Å². The van der Waals surface area contributed by atoms with E-state index in [0.717, 1.165) is 25.3 Å². The van der Waals surface area contributed by atoms with Crippen molar-refractivity contribution in [1.29, 1.82) is 0 Å². The van der Waals surface area contributed by atoms with Gasteiger partial charge in [-0.05, 0) is 69.9 Å². The fourth-order valence-corrected chi connectivity index (χ4v) is 4.07. The van der Waals surface area contributed by atoms with Gasteiger partial charge in [0.25, 0.3) is 0 Å². The fourth-order valence-electron chi connectivity index (χ4n) is 4.07. The zero-order valence-electron chi connectivity index (χ0n) is 13.5. The van der Waals surface area contributed by atoms with Gasteiger partial charge >= 0.3 is 0 Å². The molecule has 0 amide bonds. The molecule has 0 radical (unpaired) electrons. The summed E-state index contributed by atoms with van der Waals surface area (Å²) in [4.78, 5) is 5.02. The van der Waals surface area contributed by atoms with E-state index in [2.05, 4.69) is 48.2 Å². The largest absolute Gasteiger partial charge is 0.329 e. The van der Waals surface area contributed by atoms with Crippen molar-refractivity contribution in [2.45, 2.75) is 31.2 Å². The Hall–Kier alpha value is -0.900. The lowest BCUT2D eigenvalue weighted by Crippen LogP contribution is -2.54. The first-order chi connectivity index (χ1) is 10.1. The van der Waals surface area contributed by atoms with E-state index in [-0.39, 0.29) is 5.54 Å². The molecule has 1 aliphatic heterocycles. The third-order valence-corrected chi connectivity index (χ3v) is 5.72. The summed E-state index contributed by atoms with van der Waals surface area (Å²) in [7, 11) is 4.52. The molecule has 3 rings (SSSR count). The van der Waals surface area contributed by atoms with Gasteiger partial charge in [-0.1, -0.05) is 24.3 Å². The van der Waals surface area contributed by atoms with Crippen LogP contribution in [0.5, 0.6) is 0 Å². The molecule has 0 saturated carbocycles. The molecule has 21 heavy (non-hydrogen) atoms. The molecule has 0 spiro atoms. The Bertz CT molecular complexity index is 452. The number of likely N-dealkylation sites (tertiary alicyclic amines) is 1. The number of fused-ring (bicyclic) bond motifs is 1. The highest BCUT2D eigenvalue weighted by molar-refractivity contribution is 5.36. The number of nitrogens with zero attached hydrogens (tertiary/aromatic N) is 2. The smallest absolute Gasteiger partial charge is 0.0409 e. The van der Waals surface area contributed by atoms with Crippen molar-refractivity contribution in [1.82, 2.24) is 9.80 Å². The van der Waals surface area contributed by atoms with Crippen molar-refractivity contribution < 1.29 is 0 Å². The van der Waals surface area contributed by atoms with Gasteiger partial charge in [0.1, 0.15) is 0 Å². The normalized spacial score (nSPS) is 22.7. The average molecular weight is 287 g/mol. The Morgan fingerprint density at radius 2 is 1.76 bits per heavy atom. The highest BCUT2D eigenvalue weighted by Crippen LogP contribution is 2.34. The van der Waals surface area contributed by atoms with Crippen LogP contribution in [-0.2, 0) is 12.8 Å². The van der Waals surface area contributed by atoms with Crippen molar-refractivity contribution >= 4 is 0 Å². The third-order valence-electron chi connectivity index (χ3n) is 5.72. The van der Waals surface area contributed by atoms with Crippen LogP contribution in [0.15, 0.2) is 24.3 Å². The van der Waals surface area contributed by atoms with Gasteiger partial charge in [0.2, 0.25) is 0 Å². The molecule has 1 aliphatic carbocycles. The number of likely N-dealkylation sites (N-methyl/N-ethyl adjacent to an activating group) is 1. The molecule has 3 nitrogen and oxygen atoms in total. The predicted molar refractivity (Wildman–Crippen MR) is 88.5 cm³/mol. The number of benzene rings is 1. The number of rotatable bonds is 4. The van der Waals surface area contributed by atoms with Gasteiger partial charge in [-0.15, -0.1) is 0 Å².